The Morgan fingerprint density at radius 3 is 2.83 bits per heavy atom. The number of fused-ring (bicyclic) bond motifs is 1. The predicted octanol–water partition coefficient (Wildman–Crippen LogP) is 4.49. The molecular weight excluding hydrogens is 382 g/mol. The molecule has 0 radical (unpaired) electrons. The van der Waals surface area contributed by atoms with Gasteiger partial charge in [-0.05, 0) is 37.6 Å². The van der Waals surface area contributed by atoms with Crippen LogP contribution >= 0.6 is 0 Å². The molecule has 0 aliphatic heterocycles. The van der Waals surface area contributed by atoms with Gasteiger partial charge in [0.25, 0.3) is 0 Å². The van der Waals surface area contributed by atoms with Gasteiger partial charge in [-0.2, -0.15) is 5.10 Å². The SMILES string of the molecule is Cc1oc(-c2ccccc2)nc1CCOc1ccc2cnn(CCCC(=O)O)c2c1. The first-order valence-electron chi connectivity index (χ1n) is 9.92. The minimum absolute atomic E-state index is 0.125. The van der Waals surface area contributed by atoms with Crippen molar-refractivity contribution < 1.29 is 19.1 Å². The maximum Gasteiger partial charge on any atom is 0.303 e. The molecule has 4 aromatic rings. The fourth-order valence-electron chi connectivity index (χ4n) is 3.33. The van der Waals surface area contributed by atoms with E-state index in [0.717, 1.165) is 33.7 Å². The molecule has 0 saturated heterocycles. The highest BCUT2D eigenvalue weighted by Crippen LogP contribution is 2.23. The quantitative estimate of drug-likeness (QED) is 0.441. The summed E-state index contributed by atoms with van der Waals surface area (Å²) in [5.41, 5.74) is 2.77. The van der Waals surface area contributed by atoms with Crippen LogP contribution in [0.4, 0.5) is 0 Å². The molecule has 7 nitrogen and oxygen atoms in total. The molecule has 0 amide bonds. The predicted molar refractivity (Wildman–Crippen MR) is 112 cm³/mol. The van der Waals surface area contributed by atoms with Crippen molar-refractivity contribution in [2.45, 2.75) is 32.7 Å². The van der Waals surface area contributed by atoms with E-state index in [-0.39, 0.29) is 6.42 Å². The van der Waals surface area contributed by atoms with Crippen LogP contribution in [0.5, 0.6) is 5.75 Å². The molecule has 0 aliphatic carbocycles. The first-order valence-corrected chi connectivity index (χ1v) is 9.92. The maximum atomic E-state index is 10.7. The Morgan fingerprint density at radius 1 is 1.20 bits per heavy atom. The average Bonchev–Trinajstić information content (AvgIpc) is 3.32. The fourth-order valence-corrected chi connectivity index (χ4v) is 3.33. The van der Waals surface area contributed by atoms with Crippen LogP contribution in [0.15, 0.2) is 59.1 Å². The van der Waals surface area contributed by atoms with Crippen LogP contribution in [-0.2, 0) is 17.8 Å². The highest BCUT2D eigenvalue weighted by atomic mass is 16.5. The summed E-state index contributed by atoms with van der Waals surface area (Å²) < 4.78 is 13.6. The van der Waals surface area contributed by atoms with E-state index in [1.807, 2.05) is 60.1 Å². The van der Waals surface area contributed by atoms with E-state index in [1.54, 1.807) is 6.20 Å². The van der Waals surface area contributed by atoms with Crippen molar-refractivity contribution >= 4 is 16.9 Å². The minimum Gasteiger partial charge on any atom is -0.493 e. The summed E-state index contributed by atoms with van der Waals surface area (Å²) in [6.45, 7) is 2.94. The van der Waals surface area contributed by atoms with Gasteiger partial charge in [-0.1, -0.05) is 18.2 Å². The Bertz CT molecular complexity index is 1150. The molecule has 154 valence electrons. The number of benzene rings is 2. The lowest BCUT2D eigenvalue weighted by Gasteiger charge is -2.07. The van der Waals surface area contributed by atoms with Crippen LogP contribution in [0.25, 0.3) is 22.4 Å². The summed E-state index contributed by atoms with van der Waals surface area (Å²) in [4.78, 5) is 15.3. The van der Waals surface area contributed by atoms with Crippen molar-refractivity contribution in [1.29, 1.82) is 0 Å². The maximum absolute atomic E-state index is 10.7. The van der Waals surface area contributed by atoms with Gasteiger partial charge >= 0.3 is 5.97 Å². The number of hydrogen-bond donors (Lipinski definition) is 1. The largest absolute Gasteiger partial charge is 0.493 e. The molecule has 1 N–H and O–H groups in total. The lowest BCUT2D eigenvalue weighted by atomic mass is 10.2. The molecule has 0 aliphatic rings. The summed E-state index contributed by atoms with van der Waals surface area (Å²) in [6, 6.07) is 15.6. The van der Waals surface area contributed by atoms with Crippen molar-refractivity contribution in [3.63, 3.8) is 0 Å². The third-order valence-corrected chi connectivity index (χ3v) is 4.90. The molecule has 0 fully saturated rings. The first kappa shape index (κ1) is 19.7. The van der Waals surface area contributed by atoms with Crippen LogP contribution in [0.1, 0.15) is 24.3 Å². The third kappa shape index (κ3) is 4.51. The van der Waals surface area contributed by atoms with Gasteiger partial charge in [-0.25, -0.2) is 4.98 Å². The lowest BCUT2D eigenvalue weighted by molar-refractivity contribution is -0.137. The van der Waals surface area contributed by atoms with Gasteiger partial charge in [0.1, 0.15) is 11.5 Å². The molecule has 2 heterocycles. The van der Waals surface area contributed by atoms with E-state index < -0.39 is 5.97 Å². The van der Waals surface area contributed by atoms with Crippen molar-refractivity contribution in [2.75, 3.05) is 6.61 Å². The smallest absolute Gasteiger partial charge is 0.303 e. The Hall–Kier alpha value is -3.61. The van der Waals surface area contributed by atoms with E-state index >= 15 is 0 Å². The van der Waals surface area contributed by atoms with Gasteiger partial charge in [0.2, 0.25) is 5.89 Å². The number of ether oxygens (including phenoxy) is 1. The standard InChI is InChI=1S/C23H23N3O4/c1-16-20(25-23(30-16)17-6-3-2-4-7-17)11-13-29-19-10-9-18-15-24-26(21(18)14-19)12-5-8-22(27)28/h2-4,6-7,9-10,14-15H,5,8,11-13H2,1H3,(H,27,28). The van der Waals surface area contributed by atoms with Gasteiger partial charge in [0.15, 0.2) is 0 Å². The number of carboxylic acids is 1. The molecule has 2 aromatic heterocycles. The van der Waals surface area contributed by atoms with Gasteiger partial charge in [0.05, 0.1) is 24.0 Å². The zero-order chi connectivity index (χ0) is 20.9. The van der Waals surface area contributed by atoms with Gasteiger partial charge < -0.3 is 14.3 Å². The summed E-state index contributed by atoms with van der Waals surface area (Å²) in [5.74, 6) is 1.36. The number of aromatic nitrogens is 3. The summed E-state index contributed by atoms with van der Waals surface area (Å²) in [7, 11) is 0. The summed E-state index contributed by atoms with van der Waals surface area (Å²) in [5, 5.41) is 14.2. The van der Waals surface area contributed by atoms with Crippen LogP contribution in [0, 0.1) is 6.92 Å². The molecule has 0 spiro atoms. The third-order valence-electron chi connectivity index (χ3n) is 4.90. The molecule has 0 atom stereocenters. The molecule has 7 heteroatoms. The Kier molecular flexibility index (Phi) is 5.79. The number of aryl methyl sites for hydroxylation is 2. The van der Waals surface area contributed by atoms with Crippen LogP contribution in [0.3, 0.4) is 0 Å². The second-order valence-electron chi connectivity index (χ2n) is 7.07. The number of rotatable bonds is 9. The lowest BCUT2D eigenvalue weighted by Crippen LogP contribution is -2.04. The number of carbonyl (C=O) groups is 1. The number of carboxylic acid groups (broad SMARTS) is 1. The Morgan fingerprint density at radius 2 is 2.03 bits per heavy atom. The average molecular weight is 405 g/mol. The van der Waals surface area contributed by atoms with E-state index in [9.17, 15) is 4.79 Å². The van der Waals surface area contributed by atoms with Gasteiger partial charge in [0, 0.05) is 36.4 Å². The second-order valence-corrected chi connectivity index (χ2v) is 7.07. The molecule has 2 aromatic carbocycles. The topological polar surface area (TPSA) is 90.4 Å². The highest BCUT2D eigenvalue weighted by molar-refractivity contribution is 5.80. The van der Waals surface area contributed by atoms with Crippen molar-refractivity contribution in [2.24, 2.45) is 0 Å². The molecule has 0 saturated carbocycles. The Balaban J connectivity index is 1.39. The van der Waals surface area contributed by atoms with E-state index in [0.29, 0.717) is 31.9 Å². The first-order chi connectivity index (χ1) is 14.6. The van der Waals surface area contributed by atoms with Crippen LogP contribution in [0.2, 0.25) is 0 Å². The molecule has 0 unspecified atom stereocenters. The van der Waals surface area contributed by atoms with Crippen molar-refractivity contribution in [3.05, 3.63) is 66.2 Å². The van der Waals surface area contributed by atoms with Crippen LogP contribution < -0.4 is 4.74 Å². The van der Waals surface area contributed by atoms with Gasteiger partial charge in [-0.15, -0.1) is 0 Å². The van der Waals surface area contributed by atoms with Crippen LogP contribution in [-0.4, -0.2) is 32.4 Å². The Labute approximate surface area is 173 Å². The highest BCUT2D eigenvalue weighted by Gasteiger charge is 2.12. The zero-order valence-electron chi connectivity index (χ0n) is 16.7. The number of oxazole rings is 1. The normalized spacial score (nSPS) is 11.1. The zero-order valence-corrected chi connectivity index (χ0v) is 16.7. The second kappa shape index (κ2) is 8.82. The number of nitrogens with zero attached hydrogens (tertiary/aromatic N) is 3. The summed E-state index contributed by atoms with van der Waals surface area (Å²) >= 11 is 0. The number of hydrogen-bond acceptors (Lipinski definition) is 5. The van der Waals surface area contributed by atoms with Crippen molar-refractivity contribution in [1.82, 2.24) is 14.8 Å². The van der Waals surface area contributed by atoms with Gasteiger partial charge in [-0.3, -0.25) is 9.48 Å². The van der Waals surface area contributed by atoms with E-state index in [4.69, 9.17) is 14.3 Å². The monoisotopic (exact) mass is 405 g/mol. The van der Waals surface area contributed by atoms with E-state index in [2.05, 4.69) is 10.1 Å². The fraction of sp³-hybridized carbons (Fsp3) is 0.261. The van der Waals surface area contributed by atoms with Crippen molar-refractivity contribution in [3.8, 4) is 17.2 Å². The van der Waals surface area contributed by atoms with E-state index in [1.165, 1.54) is 0 Å². The molecule has 30 heavy (non-hydrogen) atoms. The summed E-state index contributed by atoms with van der Waals surface area (Å²) in [6.07, 6.45) is 3.08. The number of aliphatic carboxylic acids is 1. The minimum atomic E-state index is -0.797. The molecular formula is C23H23N3O4. The molecule has 0 bridgehead atoms. The molecule has 4 rings (SSSR count).